The Morgan fingerprint density at radius 1 is 1.24 bits per heavy atom. The molecule has 1 heterocycles. The number of carboxylic acid groups (broad SMARTS) is 1. The number of carboxylic acids is 1. The van der Waals surface area contributed by atoms with Crippen molar-refractivity contribution in [2.24, 2.45) is 0 Å². The largest absolute Gasteiger partial charge is 0.478 e. The van der Waals surface area contributed by atoms with Crippen LogP contribution >= 0.6 is 0 Å². The van der Waals surface area contributed by atoms with Gasteiger partial charge < -0.3 is 9.52 Å². The molecule has 0 aliphatic heterocycles. The molecular weight excluding hydrogens is 220 g/mol. The number of aromatic carboxylic acids is 1. The van der Waals surface area contributed by atoms with E-state index in [0.29, 0.717) is 23.8 Å². The maximum Gasteiger partial charge on any atom is 0.335 e. The smallest absolute Gasteiger partial charge is 0.335 e. The summed E-state index contributed by atoms with van der Waals surface area (Å²) >= 11 is 0. The third-order valence-corrected chi connectivity index (χ3v) is 2.40. The molecule has 0 bridgehead atoms. The Morgan fingerprint density at radius 3 is 2.47 bits per heavy atom. The lowest BCUT2D eigenvalue weighted by Gasteiger charge is -1.99. The molecule has 0 atom stereocenters. The Kier molecular flexibility index (Phi) is 3.18. The van der Waals surface area contributed by atoms with Gasteiger partial charge in [0.1, 0.15) is 0 Å². The van der Waals surface area contributed by atoms with Crippen LogP contribution in [0.1, 0.15) is 27.7 Å². The third kappa shape index (κ3) is 2.90. The van der Waals surface area contributed by atoms with E-state index in [2.05, 4.69) is 10.2 Å². The van der Waals surface area contributed by atoms with Crippen molar-refractivity contribution < 1.29 is 14.3 Å². The van der Waals surface area contributed by atoms with Crippen LogP contribution in [0.3, 0.4) is 0 Å². The summed E-state index contributed by atoms with van der Waals surface area (Å²) in [6.45, 7) is 1.75. The van der Waals surface area contributed by atoms with Gasteiger partial charge in [-0.15, -0.1) is 10.2 Å². The van der Waals surface area contributed by atoms with Crippen LogP contribution in [0.15, 0.2) is 28.7 Å². The van der Waals surface area contributed by atoms with Crippen LogP contribution in [-0.2, 0) is 12.8 Å². The predicted molar refractivity (Wildman–Crippen MR) is 59.8 cm³/mol. The minimum absolute atomic E-state index is 0.294. The van der Waals surface area contributed by atoms with Gasteiger partial charge >= 0.3 is 5.97 Å². The lowest BCUT2D eigenvalue weighted by Crippen LogP contribution is -1.97. The van der Waals surface area contributed by atoms with Gasteiger partial charge in [0.05, 0.1) is 5.56 Å². The number of rotatable bonds is 4. The van der Waals surface area contributed by atoms with E-state index in [4.69, 9.17) is 9.52 Å². The summed E-state index contributed by atoms with van der Waals surface area (Å²) in [6.07, 6.45) is 1.41. The minimum Gasteiger partial charge on any atom is -0.478 e. The van der Waals surface area contributed by atoms with Gasteiger partial charge in [0.15, 0.2) is 0 Å². The van der Waals surface area contributed by atoms with Gasteiger partial charge in [-0.05, 0) is 24.1 Å². The number of aryl methyl sites for hydroxylation is 3. The maximum atomic E-state index is 10.7. The zero-order valence-electron chi connectivity index (χ0n) is 9.38. The number of carbonyl (C=O) groups is 1. The number of hydrogen-bond acceptors (Lipinski definition) is 4. The first kappa shape index (κ1) is 11.3. The standard InChI is InChI=1S/C12H12N2O3/c1-8-13-14-11(17-8)7-4-9-2-5-10(6-3-9)12(15)16/h2-3,5-6H,4,7H2,1H3,(H,15,16). The fourth-order valence-electron chi connectivity index (χ4n) is 1.50. The molecule has 0 fully saturated rings. The summed E-state index contributed by atoms with van der Waals surface area (Å²) in [5, 5.41) is 16.4. The SMILES string of the molecule is Cc1nnc(CCc2ccc(C(=O)O)cc2)o1. The van der Waals surface area contributed by atoms with Crippen LogP contribution in [-0.4, -0.2) is 21.3 Å². The van der Waals surface area contributed by atoms with E-state index in [1.807, 2.05) is 0 Å². The van der Waals surface area contributed by atoms with Crippen molar-refractivity contribution >= 4 is 5.97 Å². The molecule has 2 rings (SSSR count). The van der Waals surface area contributed by atoms with Crippen molar-refractivity contribution in [2.45, 2.75) is 19.8 Å². The molecule has 17 heavy (non-hydrogen) atoms. The Bertz CT molecular complexity index is 517. The number of nitrogens with zero attached hydrogens (tertiary/aromatic N) is 2. The topological polar surface area (TPSA) is 76.2 Å². The lowest BCUT2D eigenvalue weighted by atomic mass is 10.1. The molecule has 88 valence electrons. The van der Waals surface area contributed by atoms with Crippen LogP contribution in [0, 0.1) is 6.92 Å². The second-order valence-electron chi connectivity index (χ2n) is 3.72. The summed E-state index contributed by atoms with van der Waals surface area (Å²) in [6, 6.07) is 6.78. The van der Waals surface area contributed by atoms with Crippen molar-refractivity contribution in [2.75, 3.05) is 0 Å². The van der Waals surface area contributed by atoms with E-state index in [1.54, 1.807) is 31.2 Å². The Labute approximate surface area is 98.1 Å². The molecule has 0 amide bonds. The Balaban J connectivity index is 1.97. The van der Waals surface area contributed by atoms with Gasteiger partial charge in [-0.2, -0.15) is 0 Å². The van der Waals surface area contributed by atoms with E-state index in [9.17, 15) is 4.79 Å². The number of aromatic nitrogens is 2. The molecule has 0 aliphatic rings. The lowest BCUT2D eigenvalue weighted by molar-refractivity contribution is 0.0697. The van der Waals surface area contributed by atoms with Gasteiger partial charge in [-0.25, -0.2) is 4.79 Å². The van der Waals surface area contributed by atoms with Gasteiger partial charge in [-0.3, -0.25) is 0 Å². The molecule has 0 saturated heterocycles. The minimum atomic E-state index is -0.913. The molecule has 0 aliphatic carbocycles. The van der Waals surface area contributed by atoms with E-state index < -0.39 is 5.97 Å². The van der Waals surface area contributed by atoms with E-state index in [-0.39, 0.29) is 0 Å². The first-order valence-corrected chi connectivity index (χ1v) is 5.26. The quantitative estimate of drug-likeness (QED) is 0.870. The van der Waals surface area contributed by atoms with E-state index >= 15 is 0 Å². The average Bonchev–Trinajstić information content (AvgIpc) is 2.73. The summed E-state index contributed by atoms with van der Waals surface area (Å²) < 4.78 is 5.25. The van der Waals surface area contributed by atoms with E-state index in [1.165, 1.54) is 0 Å². The monoisotopic (exact) mass is 232 g/mol. The second-order valence-corrected chi connectivity index (χ2v) is 3.72. The van der Waals surface area contributed by atoms with Crippen molar-refractivity contribution in [1.82, 2.24) is 10.2 Å². The zero-order chi connectivity index (χ0) is 12.3. The molecule has 0 saturated carbocycles. The second kappa shape index (κ2) is 4.78. The Hall–Kier alpha value is -2.17. The van der Waals surface area contributed by atoms with Crippen molar-refractivity contribution in [3.05, 3.63) is 47.2 Å². The molecule has 0 radical (unpaired) electrons. The summed E-state index contributed by atoms with van der Waals surface area (Å²) in [5.74, 6) is 0.245. The normalized spacial score (nSPS) is 10.4. The summed E-state index contributed by atoms with van der Waals surface area (Å²) in [5.41, 5.74) is 1.34. The average molecular weight is 232 g/mol. The third-order valence-electron chi connectivity index (χ3n) is 2.40. The number of benzene rings is 1. The molecule has 0 unspecified atom stereocenters. The number of hydrogen-bond donors (Lipinski definition) is 1. The van der Waals surface area contributed by atoms with Gasteiger partial charge in [-0.1, -0.05) is 12.1 Å². The highest BCUT2D eigenvalue weighted by Crippen LogP contribution is 2.08. The highest BCUT2D eigenvalue weighted by atomic mass is 16.4. The predicted octanol–water partition coefficient (Wildman–Crippen LogP) is 1.86. The molecular formula is C12H12N2O3. The van der Waals surface area contributed by atoms with Crippen LogP contribution in [0.5, 0.6) is 0 Å². The van der Waals surface area contributed by atoms with Gasteiger partial charge in [0.2, 0.25) is 11.8 Å². The van der Waals surface area contributed by atoms with Crippen LogP contribution in [0.25, 0.3) is 0 Å². The van der Waals surface area contributed by atoms with Gasteiger partial charge in [0.25, 0.3) is 0 Å². The first-order chi connectivity index (χ1) is 8.15. The molecule has 0 spiro atoms. The molecule has 5 heteroatoms. The van der Waals surface area contributed by atoms with Gasteiger partial charge in [0, 0.05) is 13.3 Å². The molecule has 1 aromatic carbocycles. The van der Waals surface area contributed by atoms with Crippen LogP contribution in [0.2, 0.25) is 0 Å². The first-order valence-electron chi connectivity index (χ1n) is 5.26. The summed E-state index contributed by atoms with van der Waals surface area (Å²) in [4.78, 5) is 10.7. The highest BCUT2D eigenvalue weighted by molar-refractivity contribution is 5.87. The van der Waals surface area contributed by atoms with Crippen LogP contribution in [0.4, 0.5) is 0 Å². The Morgan fingerprint density at radius 2 is 1.94 bits per heavy atom. The van der Waals surface area contributed by atoms with E-state index in [0.717, 1.165) is 12.0 Å². The van der Waals surface area contributed by atoms with Crippen molar-refractivity contribution in [3.8, 4) is 0 Å². The fourth-order valence-corrected chi connectivity index (χ4v) is 1.50. The molecule has 1 aromatic heterocycles. The maximum absolute atomic E-state index is 10.7. The van der Waals surface area contributed by atoms with Crippen LogP contribution < -0.4 is 0 Å². The summed E-state index contributed by atoms with van der Waals surface area (Å²) in [7, 11) is 0. The molecule has 2 aromatic rings. The molecule has 1 N–H and O–H groups in total. The van der Waals surface area contributed by atoms with Crippen molar-refractivity contribution in [3.63, 3.8) is 0 Å². The highest BCUT2D eigenvalue weighted by Gasteiger charge is 2.04. The molecule has 5 nitrogen and oxygen atoms in total. The van der Waals surface area contributed by atoms with Crippen molar-refractivity contribution in [1.29, 1.82) is 0 Å². The fraction of sp³-hybridized carbons (Fsp3) is 0.250. The zero-order valence-corrected chi connectivity index (χ0v) is 9.38.